The number of halogens is 3. The molecule has 0 saturated heterocycles. The summed E-state index contributed by atoms with van der Waals surface area (Å²) in [6.45, 7) is 1.59. The van der Waals surface area contributed by atoms with Gasteiger partial charge in [0, 0.05) is 5.56 Å². The standard InChI is InChI=1S/C12H9BrF2N2OS/c1-6(8-4-7(14)2-3-9(8)15)17-11(18)10-5-16-12(13)19-10/h2-6H,1H3,(H,17,18)/t6-/m1/s1. The molecule has 1 atom stereocenters. The van der Waals surface area contributed by atoms with Crippen molar-refractivity contribution < 1.29 is 13.6 Å². The molecule has 1 aromatic carbocycles. The van der Waals surface area contributed by atoms with Crippen LogP contribution in [0.25, 0.3) is 0 Å². The van der Waals surface area contributed by atoms with E-state index < -0.39 is 17.7 Å². The zero-order valence-corrected chi connectivity index (χ0v) is 12.2. The minimum atomic E-state index is -0.635. The highest BCUT2D eigenvalue weighted by Gasteiger charge is 2.17. The van der Waals surface area contributed by atoms with Crippen LogP contribution in [0.3, 0.4) is 0 Å². The van der Waals surface area contributed by atoms with Crippen molar-refractivity contribution in [3.8, 4) is 0 Å². The Morgan fingerprint density at radius 1 is 1.47 bits per heavy atom. The molecule has 1 N–H and O–H groups in total. The number of thiazole rings is 1. The van der Waals surface area contributed by atoms with E-state index >= 15 is 0 Å². The highest BCUT2D eigenvalue weighted by molar-refractivity contribution is 9.11. The summed E-state index contributed by atoms with van der Waals surface area (Å²) in [5, 5.41) is 2.60. The third-order valence-corrected chi connectivity index (χ3v) is 3.95. The number of nitrogens with zero attached hydrogens (tertiary/aromatic N) is 1. The second kappa shape index (κ2) is 5.75. The van der Waals surface area contributed by atoms with Crippen molar-refractivity contribution in [2.75, 3.05) is 0 Å². The molecule has 0 radical (unpaired) electrons. The maximum Gasteiger partial charge on any atom is 0.263 e. The summed E-state index contributed by atoms with van der Waals surface area (Å²) >= 11 is 4.32. The smallest absolute Gasteiger partial charge is 0.263 e. The fourth-order valence-electron chi connectivity index (χ4n) is 1.55. The average Bonchev–Trinajstić information content (AvgIpc) is 2.79. The molecule has 0 saturated carbocycles. The van der Waals surface area contributed by atoms with Gasteiger partial charge < -0.3 is 5.32 Å². The third-order valence-electron chi connectivity index (χ3n) is 2.47. The molecule has 1 aromatic heterocycles. The average molecular weight is 347 g/mol. The number of rotatable bonds is 3. The van der Waals surface area contributed by atoms with Gasteiger partial charge >= 0.3 is 0 Å². The van der Waals surface area contributed by atoms with Gasteiger partial charge in [0.05, 0.1) is 12.2 Å². The van der Waals surface area contributed by atoms with Crippen LogP contribution in [0, 0.1) is 11.6 Å². The molecule has 100 valence electrons. The van der Waals surface area contributed by atoms with Crippen molar-refractivity contribution in [1.82, 2.24) is 10.3 Å². The lowest BCUT2D eigenvalue weighted by Crippen LogP contribution is -2.26. The lowest BCUT2D eigenvalue weighted by Gasteiger charge is -2.14. The molecular formula is C12H9BrF2N2OS. The van der Waals surface area contributed by atoms with Gasteiger partial charge in [0.15, 0.2) is 3.92 Å². The molecular weight excluding hydrogens is 338 g/mol. The molecule has 0 aliphatic rings. The van der Waals surface area contributed by atoms with E-state index in [1.807, 2.05) is 0 Å². The van der Waals surface area contributed by atoms with Gasteiger partial charge in [-0.25, -0.2) is 13.8 Å². The van der Waals surface area contributed by atoms with E-state index in [2.05, 4.69) is 26.2 Å². The Bertz CT molecular complexity index is 618. The fraction of sp³-hybridized carbons (Fsp3) is 0.167. The Balaban J connectivity index is 2.14. The molecule has 0 spiro atoms. The number of hydrogen-bond acceptors (Lipinski definition) is 3. The summed E-state index contributed by atoms with van der Waals surface area (Å²) < 4.78 is 27.2. The molecule has 3 nitrogen and oxygen atoms in total. The number of hydrogen-bond donors (Lipinski definition) is 1. The first kappa shape index (κ1) is 14.1. The van der Waals surface area contributed by atoms with E-state index in [4.69, 9.17) is 0 Å². The van der Waals surface area contributed by atoms with Crippen LogP contribution in [0.5, 0.6) is 0 Å². The molecule has 0 unspecified atom stereocenters. The van der Waals surface area contributed by atoms with E-state index in [0.717, 1.165) is 18.2 Å². The van der Waals surface area contributed by atoms with Crippen LogP contribution in [0.1, 0.15) is 28.2 Å². The molecule has 2 rings (SSSR count). The van der Waals surface area contributed by atoms with E-state index in [-0.39, 0.29) is 11.5 Å². The molecule has 19 heavy (non-hydrogen) atoms. The summed E-state index contributed by atoms with van der Waals surface area (Å²) in [7, 11) is 0. The second-order valence-electron chi connectivity index (χ2n) is 3.84. The van der Waals surface area contributed by atoms with Crippen LogP contribution in [-0.2, 0) is 0 Å². The maximum absolute atomic E-state index is 13.5. The molecule has 0 bridgehead atoms. The van der Waals surface area contributed by atoms with Gasteiger partial charge in [-0.3, -0.25) is 4.79 Å². The lowest BCUT2D eigenvalue weighted by molar-refractivity contribution is 0.0943. The fourth-order valence-corrected chi connectivity index (χ4v) is 2.72. The van der Waals surface area contributed by atoms with Gasteiger partial charge in [-0.05, 0) is 41.1 Å². The van der Waals surface area contributed by atoms with Crippen molar-refractivity contribution >= 4 is 33.2 Å². The second-order valence-corrected chi connectivity index (χ2v) is 6.15. The number of carbonyl (C=O) groups is 1. The van der Waals surface area contributed by atoms with Gasteiger partial charge in [0.2, 0.25) is 0 Å². The molecule has 1 amide bonds. The number of carbonyl (C=O) groups excluding carboxylic acids is 1. The van der Waals surface area contributed by atoms with Crippen molar-refractivity contribution in [3.05, 3.63) is 50.4 Å². The summed E-state index contributed by atoms with van der Waals surface area (Å²) in [6.07, 6.45) is 1.42. The number of amides is 1. The van der Waals surface area contributed by atoms with Crippen LogP contribution < -0.4 is 5.32 Å². The zero-order chi connectivity index (χ0) is 14.0. The predicted molar refractivity (Wildman–Crippen MR) is 72.1 cm³/mol. The topological polar surface area (TPSA) is 42.0 Å². The first-order chi connectivity index (χ1) is 8.97. The third kappa shape index (κ3) is 3.36. The summed E-state index contributed by atoms with van der Waals surface area (Å²) in [4.78, 5) is 16.1. The molecule has 7 heteroatoms. The monoisotopic (exact) mass is 346 g/mol. The van der Waals surface area contributed by atoms with Crippen LogP contribution in [0.4, 0.5) is 8.78 Å². The normalized spacial score (nSPS) is 12.2. The number of benzene rings is 1. The Labute approximate surface area is 120 Å². The molecule has 0 aliphatic heterocycles. The first-order valence-corrected chi connectivity index (χ1v) is 6.95. The first-order valence-electron chi connectivity index (χ1n) is 5.34. The Morgan fingerprint density at radius 3 is 2.84 bits per heavy atom. The largest absolute Gasteiger partial charge is 0.345 e. The predicted octanol–water partition coefficient (Wildman–Crippen LogP) is 3.67. The van der Waals surface area contributed by atoms with Gasteiger partial charge in [-0.1, -0.05) is 0 Å². The maximum atomic E-state index is 13.5. The highest BCUT2D eigenvalue weighted by Crippen LogP contribution is 2.21. The zero-order valence-electron chi connectivity index (χ0n) is 9.78. The van der Waals surface area contributed by atoms with E-state index in [1.165, 1.54) is 17.5 Å². The molecule has 2 aromatic rings. The summed E-state index contributed by atoms with van der Waals surface area (Å²) in [5.41, 5.74) is 0.108. The highest BCUT2D eigenvalue weighted by atomic mass is 79.9. The Morgan fingerprint density at radius 2 is 2.21 bits per heavy atom. The van der Waals surface area contributed by atoms with Crippen molar-refractivity contribution in [2.45, 2.75) is 13.0 Å². The molecule has 1 heterocycles. The van der Waals surface area contributed by atoms with Crippen LogP contribution in [-0.4, -0.2) is 10.9 Å². The molecule has 0 aliphatic carbocycles. The SMILES string of the molecule is C[C@@H](NC(=O)c1cnc(Br)s1)c1cc(F)ccc1F. The lowest BCUT2D eigenvalue weighted by atomic mass is 10.1. The Kier molecular flexibility index (Phi) is 4.26. The van der Waals surface area contributed by atoms with Gasteiger partial charge in [0.25, 0.3) is 5.91 Å². The van der Waals surface area contributed by atoms with Gasteiger partial charge in [0.1, 0.15) is 16.5 Å². The van der Waals surface area contributed by atoms with E-state index in [0.29, 0.717) is 8.79 Å². The minimum absolute atomic E-state index is 0.108. The Hall–Kier alpha value is -1.34. The number of aromatic nitrogens is 1. The van der Waals surface area contributed by atoms with Gasteiger partial charge in [-0.15, -0.1) is 11.3 Å². The minimum Gasteiger partial charge on any atom is -0.345 e. The van der Waals surface area contributed by atoms with Crippen molar-refractivity contribution in [2.24, 2.45) is 0 Å². The van der Waals surface area contributed by atoms with E-state index in [1.54, 1.807) is 6.92 Å². The van der Waals surface area contributed by atoms with Crippen molar-refractivity contribution in [3.63, 3.8) is 0 Å². The van der Waals surface area contributed by atoms with Crippen LogP contribution >= 0.6 is 27.3 Å². The summed E-state index contributed by atoms with van der Waals surface area (Å²) in [5.74, 6) is -1.47. The quantitative estimate of drug-likeness (QED) is 0.921. The summed E-state index contributed by atoms with van der Waals surface area (Å²) in [6, 6.07) is 2.51. The van der Waals surface area contributed by atoms with E-state index in [9.17, 15) is 13.6 Å². The van der Waals surface area contributed by atoms with Crippen LogP contribution in [0.2, 0.25) is 0 Å². The van der Waals surface area contributed by atoms with Crippen LogP contribution in [0.15, 0.2) is 28.3 Å². The number of nitrogens with one attached hydrogen (secondary N) is 1. The van der Waals surface area contributed by atoms with Crippen molar-refractivity contribution in [1.29, 1.82) is 0 Å². The molecule has 0 fully saturated rings. The van der Waals surface area contributed by atoms with Gasteiger partial charge in [-0.2, -0.15) is 0 Å².